The molecule has 3 nitrogen and oxygen atoms in total. The first-order valence-electron chi connectivity index (χ1n) is 5.14. The second-order valence-electron chi connectivity index (χ2n) is 4.13. The van der Waals surface area contributed by atoms with Crippen molar-refractivity contribution in [2.75, 3.05) is 33.4 Å². The fourth-order valence-electron chi connectivity index (χ4n) is 1.97. The van der Waals surface area contributed by atoms with E-state index in [1.54, 1.807) is 0 Å². The fraction of sp³-hybridized carbons (Fsp3) is 0.900. The topological polar surface area (TPSA) is 24.8 Å². The van der Waals surface area contributed by atoms with Crippen molar-refractivity contribution in [2.24, 2.45) is 10.9 Å². The summed E-state index contributed by atoms with van der Waals surface area (Å²) in [6.45, 7) is 4.13. The van der Waals surface area contributed by atoms with Crippen LogP contribution in [-0.2, 0) is 4.74 Å². The minimum Gasteiger partial charge on any atom is -0.379 e. The molecule has 0 aromatic rings. The van der Waals surface area contributed by atoms with Gasteiger partial charge in [-0.05, 0) is 26.4 Å². The Hall–Kier alpha value is -0.410. The number of ether oxygens (including phenoxy) is 1. The van der Waals surface area contributed by atoms with Gasteiger partial charge in [-0.3, -0.25) is 4.99 Å². The second-order valence-corrected chi connectivity index (χ2v) is 4.13. The summed E-state index contributed by atoms with van der Waals surface area (Å²) in [6.07, 6.45) is 4.54. The molecule has 0 aromatic carbocycles. The first-order chi connectivity index (χ1) is 6.34. The van der Waals surface area contributed by atoms with Crippen LogP contribution in [0.2, 0.25) is 0 Å². The number of nitrogens with zero attached hydrogens (tertiary/aromatic N) is 2. The van der Waals surface area contributed by atoms with E-state index in [1.807, 2.05) is 0 Å². The van der Waals surface area contributed by atoms with Gasteiger partial charge in [0.2, 0.25) is 0 Å². The molecule has 0 saturated carbocycles. The van der Waals surface area contributed by atoms with Crippen molar-refractivity contribution in [1.82, 2.24) is 4.90 Å². The molecule has 0 bridgehead atoms. The SMILES string of the molecule is CN1CCC(C=N[C@H]2CCOC2)C1. The van der Waals surface area contributed by atoms with E-state index in [4.69, 9.17) is 4.74 Å². The zero-order chi connectivity index (χ0) is 9.10. The van der Waals surface area contributed by atoms with Crippen LogP contribution in [0.15, 0.2) is 4.99 Å². The zero-order valence-corrected chi connectivity index (χ0v) is 8.28. The number of hydrogen-bond acceptors (Lipinski definition) is 3. The molecular weight excluding hydrogens is 164 g/mol. The highest BCUT2D eigenvalue weighted by molar-refractivity contribution is 5.61. The molecule has 0 N–H and O–H groups in total. The average Bonchev–Trinajstić information content (AvgIpc) is 2.71. The van der Waals surface area contributed by atoms with Gasteiger partial charge in [-0.2, -0.15) is 0 Å². The van der Waals surface area contributed by atoms with Crippen molar-refractivity contribution in [3.63, 3.8) is 0 Å². The molecule has 13 heavy (non-hydrogen) atoms. The number of likely N-dealkylation sites (tertiary alicyclic amines) is 1. The van der Waals surface area contributed by atoms with Crippen LogP contribution in [0.25, 0.3) is 0 Å². The predicted molar refractivity (Wildman–Crippen MR) is 53.3 cm³/mol. The summed E-state index contributed by atoms with van der Waals surface area (Å²) < 4.78 is 5.27. The molecular formula is C10H18N2O. The van der Waals surface area contributed by atoms with Gasteiger partial charge >= 0.3 is 0 Å². The maximum absolute atomic E-state index is 5.27. The largest absolute Gasteiger partial charge is 0.379 e. The van der Waals surface area contributed by atoms with Crippen molar-refractivity contribution in [3.05, 3.63) is 0 Å². The van der Waals surface area contributed by atoms with Gasteiger partial charge in [-0.25, -0.2) is 0 Å². The molecule has 2 saturated heterocycles. The molecule has 2 rings (SSSR count). The lowest BCUT2D eigenvalue weighted by molar-refractivity contribution is 0.194. The quantitative estimate of drug-likeness (QED) is 0.590. The first-order valence-corrected chi connectivity index (χ1v) is 5.14. The summed E-state index contributed by atoms with van der Waals surface area (Å²) in [5.74, 6) is 0.686. The van der Waals surface area contributed by atoms with Crippen LogP contribution in [0.1, 0.15) is 12.8 Å². The maximum Gasteiger partial charge on any atom is 0.0751 e. The predicted octanol–water partition coefficient (Wildman–Crippen LogP) is 0.798. The standard InChI is InChI=1S/C10H18N2O/c1-12-4-2-9(7-12)6-11-10-3-5-13-8-10/h6,9-10H,2-5,7-8H2,1H3/t9?,10-/m0/s1. The monoisotopic (exact) mass is 182 g/mol. The van der Waals surface area contributed by atoms with Crippen molar-refractivity contribution < 1.29 is 4.74 Å². The Labute approximate surface area is 79.8 Å². The normalized spacial score (nSPS) is 36.4. The van der Waals surface area contributed by atoms with E-state index in [9.17, 15) is 0 Å². The third kappa shape index (κ3) is 2.51. The average molecular weight is 182 g/mol. The summed E-state index contributed by atoms with van der Waals surface area (Å²) in [5.41, 5.74) is 0. The Kier molecular flexibility index (Phi) is 2.96. The molecule has 0 aromatic heterocycles. The highest BCUT2D eigenvalue weighted by atomic mass is 16.5. The van der Waals surface area contributed by atoms with Crippen molar-refractivity contribution in [1.29, 1.82) is 0 Å². The van der Waals surface area contributed by atoms with E-state index < -0.39 is 0 Å². The lowest BCUT2D eigenvalue weighted by Crippen LogP contribution is -2.15. The maximum atomic E-state index is 5.27. The van der Waals surface area contributed by atoms with Gasteiger partial charge in [-0.1, -0.05) is 0 Å². The van der Waals surface area contributed by atoms with Crippen LogP contribution in [-0.4, -0.2) is 50.5 Å². The minimum atomic E-state index is 0.450. The summed E-state index contributed by atoms with van der Waals surface area (Å²) in [5, 5.41) is 0. The van der Waals surface area contributed by atoms with E-state index in [0.717, 1.165) is 19.6 Å². The summed E-state index contributed by atoms with van der Waals surface area (Å²) >= 11 is 0. The molecule has 0 radical (unpaired) electrons. The molecule has 2 aliphatic heterocycles. The Bertz CT molecular complexity index is 187. The van der Waals surface area contributed by atoms with Gasteiger partial charge in [0.1, 0.15) is 0 Å². The molecule has 2 aliphatic rings. The molecule has 2 fully saturated rings. The van der Waals surface area contributed by atoms with E-state index in [0.29, 0.717) is 12.0 Å². The summed E-state index contributed by atoms with van der Waals surface area (Å²) in [4.78, 5) is 6.93. The van der Waals surface area contributed by atoms with E-state index in [-0.39, 0.29) is 0 Å². The van der Waals surface area contributed by atoms with Crippen LogP contribution in [0.3, 0.4) is 0 Å². The Morgan fingerprint density at radius 3 is 3.00 bits per heavy atom. The first kappa shape index (κ1) is 9.16. The Balaban J connectivity index is 1.76. The molecule has 3 heteroatoms. The number of aliphatic imine (C=N–C) groups is 1. The van der Waals surface area contributed by atoms with Crippen molar-refractivity contribution in [3.8, 4) is 0 Å². The smallest absolute Gasteiger partial charge is 0.0751 e. The van der Waals surface area contributed by atoms with Gasteiger partial charge in [-0.15, -0.1) is 0 Å². The van der Waals surface area contributed by atoms with Crippen LogP contribution in [0, 0.1) is 5.92 Å². The van der Waals surface area contributed by atoms with Crippen LogP contribution in [0.4, 0.5) is 0 Å². The molecule has 1 unspecified atom stereocenters. The lowest BCUT2D eigenvalue weighted by Gasteiger charge is -2.06. The third-order valence-corrected chi connectivity index (χ3v) is 2.84. The highest BCUT2D eigenvalue weighted by Gasteiger charge is 2.18. The zero-order valence-electron chi connectivity index (χ0n) is 8.28. The number of rotatable bonds is 2. The highest BCUT2D eigenvalue weighted by Crippen LogP contribution is 2.13. The second kappa shape index (κ2) is 4.20. The lowest BCUT2D eigenvalue weighted by atomic mass is 10.1. The molecule has 0 amide bonds. The molecule has 2 atom stereocenters. The molecule has 2 heterocycles. The van der Waals surface area contributed by atoms with E-state index in [1.165, 1.54) is 19.5 Å². The van der Waals surface area contributed by atoms with Crippen molar-refractivity contribution >= 4 is 6.21 Å². The Morgan fingerprint density at radius 2 is 2.38 bits per heavy atom. The van der Waals surface area contributed by atoms with E-state index in [2.05, 4.69) is 23.2 Å². The fourth-order valence-corrected chi connectivity index (χ4v) is 1.97. The van der Waals surface area contributed by atoms with Gasteiger partial charge < -0.3 is 9.64 Å². The van der Waals surface area contributed by atoms with Gasteiger partial charge in [0.15, 0.2) is 0 Å². The minimum absolute atomic E-state index is 0.450. The van der Waals surface area contributed by atoms with E-state index >= 15 is 0 Å². The summed E-state index contributed by atoms with van der Waals surface area (Å²) in [7, 11) is 2.17. The van der Waals surface area contributed by atoms with Crippen LogP contribution >= 0.6 is 0 Å². The van der Waals surface area contributed by atoms with Crippen molar-refractivity contribution in [2.45, 2.75) is 18.9 Å². The van der Waals surface area contributed by atoms with Crippen LogP contribution in [0.5, 0.6) is 0 Å². The molecule has 0 spiro atoms. The molecule has 0 aliphatic carbocycles. The third-order valence-electron chi connectivity index (χ3n) is 2.84. The number of hydrogen-bond donors (Lipinski definition) is 0. The van der Waals surface area contributed by atoms with Crippen LogP contribution < -0.4 is 0 Å². The van der Waals surface area contributed by atoms with Gasteiger partial charge in [0.25, 0.3) is 0 Å². The van der Waals surface area contributed by atoms with Gasteiger partial charge in [0, 0.05) is 25.3 Å². The molecule has 74 valence electrons. The van der Waals surface area contributed by atoms with Gasteiger partial charge in [0.05, 0.1) is 12.6 Å². The summed E-state index contributed by atoms with van der Waals surface area (Å²) in [6, 6.07) is 0.450. The Morgan fingerprint density at radius 1 is 1.46 bits per heavy atom.